The van der Waals surface area contributed by atoms with Crippen LogP contribution in [0.3, 0.4) is 0 Å². The number of hydrogen-bond acceptors (Lipinski definition) is 3. The van der Waals surface area contributed by atoms with Crippen molar-refractivity contribution in [3.05, 3.63) is 0 Å². The molecule has 2 unspecified atom stereocenters. The highest BCUT2D eigenvalue weighted by Crippen LogP contribution is 2.11. The maximum absolute atomic E-state index is 11.5. The van der Waals surface area contributed by atoms with E-state index < -0.39 is 0 Å². The van der Waals surface area contributed by atoms with Gasteiger partial charge in [0.2, 0.25) is 5.91 Å². The van der Waals surface area contributed by atoms with Crippen LogP contribution in [0.25, 0.3) is 0 Å². The number of hydrogen-bond donors (Lipinski definition) is 1. The van der Waals surface area contributed by atoms with Crippen LogP contribution in [0.5, 0.6) is 0 Å². The number of carbonyl (C=O) groups is 1. The van der Waals surface area contributed by atoms with E-state index in [2.05, 4.69) is 5.32 Å². The first-order valence-corrected chi connectivity index (χ1v) is 5.24. The SMILES string of the molecule is CCN(C)C(=O)CNC1CCOC1C. The second-order valence-electron chi connectivity index (χ2n) is 3.76. The molecule has 0 saturated carbocycles. The summed E-state index contributed by atoms with van der Waals surface area (Å²) in [5.41, 5.74) is 0. The van der Waals surface area contributed by atoms with Crippen molar-refractivity contribution in [3.63, 3.8) is 0 Å². The third-order valence-electron chi connectivity index (χ3n) is 2.79. The second-order valence-corrected chi connectivity index (χ2v) is 3.76. The lowest BCUT2D eigenvalue weighted by Crippen LogP contribution is -2.42. The standard InChI is InChI=1S/C10H20N2O2/c1-4-12(3)10(13)7-11-9-5-6-14-8(9)2/h8-9,11H,4-7H2,1-3H3. The fourth-order valence-corrected chi connectivity index (χ4v) is 1.53. The van der Waals surface area contributed by atoms with Gasteiger partial charge in [-0.1, -0.05) is 0 Å². The van der Waals surface area contributed by atoms with E-state index in [1.165, 1.54) is 0 Å². The molecule has 1 fully saturated rings. The van der Waals surface area contributed by atoms with Crippen LogP contribution in [0.2, 0.25) is 0 Å². The van der Waals surface area contributed by atoms with Gasteiger partial charge in [-0.15, -0.1) is 0 Å². The summed E-state index contributed by atoms with van der Waals surface area (Å²) in [4.78, 5) is 13.2. The lowest BCUT2D eigenvalue weighted by molar-refractivity contribution is -0.128. The minimum absolute atomic E-state index is 0.145. The van der Waals surface area contributed by atoms with Crippen LogP contribution >= 0.6 is 0 Å². The summed E-state index contributed by atoms with van der Waals surface area (Å²) < 4.78 is 5.40. The Morgan fingerprint density at radius 1 is 1.64 bits per heavy atom. The van der Waals surface area contributed by atoms with E-state index in [0.29, 0.717) is 12.6 Å². The number of carbonyl (C=O) groups excluding carboxylic acids is 1. The minimum Gasteiger partial charge on any atom is -0.377 e. The highest BCUT2D eigenvalue weighted by atomic mass is 16.5. The second kappa shape index (κ2) is 5.32. The molecular weight excluding hydrogens is 180 g/mol. The summed E-state index contributed by atoms with van der Waals surface area (Å²) in [6, 6.07) is 0.337. The van der Waals surface area contributed by atoms with E-state index in [1.54, 1.807) is 4.90 Å². The Morgan fingerprint density at radius 2 is 2.36 bits per heavy atom. The fourth-order valence-electron chi connectivity index (χ4n) is 1.53. The first kappa shape index (κ1) is 11.5. The Balaban J connectivity index is 2.22. The van der Waals surface area contributed by atoms with Gasteiger partial charge < -0.3 is 15.0 Å². The van der Waals surface area contributed by atoms with Crippen LogP contribution < -0.4 is 5.32 Å². The summed E-state index contributed by atoms with van der Waals surface area (Å²) in [5.74, 6) is 0.145. The molecule has 4 nitrogen and oxygen atoms in total. The largest absolute Gasteiger partial charge is 0.377 e. The predicted molar refractivity (Wildman–Crippen MR) is 55.1 cm³/mol. The zero-order chi connectivity index (χ0) is 10.6. The number of amides is 1. The van der Waals surface area contributed by atoms with Gasteiger partial charge in [0.15, 0.2) is 0 Å². The monoisotopic (exact) mass is 200 g/mol. The first-order chi connectivity index (χ1) is 6.65. The number of likely N-dealkylation sites (N-methyl/N-ethyl adjacent to an activating group) is 1. The lowest BCUT2D eigenvalue weighted by atomic mass is 10.1. The molecule has 1 N–H and O–H groups in total. The molecular formula is C10H20N2O2. The van der Waals surface area contributed by atoms with Crippen molar-refractivity contribution in [2.45, 2.75) is 32.4 Å². The van der Waals surface area contributed by atoms with Crippen LogP contribution in [-0.4, -0.2) is 49.7 Å². The number of ether oxygens (including phenoxy) is 1. The van der Waals surface area contributed by atoms with Gasteiger partial charge in [-0.3, -0.25) is 4.79 Å². The highest BCUT2D eigenvalue weighted by Gasteiger charge is 2.24. The summed E-state index contributed by atoms with van der Waals surface area (Å²) in [6.45, 7) is 5.99. The zero-order valence-electron chi connectivity index (χ0n) is 9.25. The molecule has 0 spiro atoms. The first-order valence-electron chi connectivity index (χ1n) is 5.24. The van der Waals surface area contributed by atoms with Crippen molar-refractivity contribution in [2.24, 2.45) is 0 Å². The Bertz CT molecular complexity index is 197. The van der Waals surface area contributed by atoms with Gasteiger partial charge in [-0.2, -0.15) is 0 Å². The maximum Gasteiger partial charge on any atom is 0.236 e. The van der Waals surface area contributed by atoms with Crippen molar-refractivity contribution < 1.29 is 9.53 Å². The molecule has 0 radical (unpaired) electrons. The Kier molecular flexibility index (Phi) is 4.35. The molecule has 1 amide bonds. The molecule has 4 heteroatoms. The number of rotatable bonds is 4. The van der Waals surface area contributed by atoms with Crippen LogP contribution in [0.1, 0.15) is 20.3 Å². The minimum atomic E-state index is 0.145. The van der Waals surface area contributed by atoms with Crippen LogP contribution in [0, 0.1) is 0 Å². The smallest absolute Gasteiger partial charge is 0.236 e. The highest BCUT2D eigenvalue weighted by molar-refractivity contribution is 5.77. The molecule has 1 heterocycles. The Morgan fingerprint density at radius 3 is 2.86 bits per heavy atom. The maximum atomic E-state index is 11.5. The number of nitrogens with zero attached hydrogens (tertiary/aromatic N) is 1. The fraction of sp³-hybridized carbons (Fsp3) is 0.900. The molecule has 1 aliphatic rings. The molecule has 1 aliphatic heterocycles. The predicted octanol–water partition coefficient (Wildman–Crippen LogP) is 0.232. The average Bonchev–Trinajstić information content (AvgIpc) is 2.59. The molecule has 14 heavy (non-hydrogen) atoms. The van der Waals surface area contributed by atoms with Gasteiger partial charge >= 0.3 is 0 Å². The molecule has 0 aromatic rings. The Hall–Kier alpha value is -0.610. The van der Waals surface area contributed by atoms with E-state index in [0.717, 1.165) is 19.6 Å². The van der Waals surface area contributed by atoms with Crippen LogP contribution in [0.4, 0.5) is 0 Å². The molecule has 82 valence electrons. The summed E-state index contributed by atoms with van der Waals surface area (Å²) in [5, 5.41) is 3.23. The average molecular weight is 200 g/mol. The summed E-state index contributed by atoms with van der Waals surface area (Å²) >= 11 is 0. The van der Waals surface area contributed by atoms with E-state index in [4.69, 9.17) is 4.74 Å². The lowest BCUT2D eigenvalue weighted by Gasteiger charge is -2.19. The number of nitrogens with one attached hydrogen (secondary N) is 1. The molecule has 0 aromatic carbocycles. The molecule has 2 atom stereocenters. The molecule has 1 rings (SSSR count). The topological polar surface area (TPSA) is 41.6 Å². The quantitative estimate of drug-likeness (QED) is 0.706. The molecule has 0 aliphatic carbocycles. The van der Waals surface area contributed by atoms with Gasteiger partial charge in [0.05, 0.1) is 12.6 Å². The van der Waals surface area contributed by atoms with Gasteiger partial charge in [0, 0.05) is 26.2 Å². The van der Waals surface area contributed by atoms with Crippen molar-refractivity contribution in [3.8, 4) is 0 Å². The zero-order valence-corrected chi connectivity index (χ0v) is 9.25. The van der Waals surface area contributed by atoms with E-state index in [9.17, 15) is 4.79 Å². The van der Waals surface area contributed by atoms with Gasteiger partial charge in [-0.25, -0.2) is 0 Å². The molecule has 0 aromatic heterocycles. The van der Waals surface area contributed by atoms with Crippen molar-refractivity contribution in [2.75, 3.05) is 26.7 Å². The van der Waals surface area contributed by atoms with E-state index in [-0.39, 0.29) is 12.0 Å². The van der Waals surface area contributed by atoms with E-state index >= 15 is 0 Å². The molecule has 1 saturated heterocycles. The van der Waals surface area contributed by atoms with Crippen molar-refractivity contribution in [1.29, 1.82) is 0 Å². The molecule has 0 bridgehead atoms. The van der Waals surface area contributed by atoms with Crippen molar-refractivity contribution in [1.82, 2.24) is 10.2 Å². The van der Waals surface area contributed by atoms with E-state index in [1.807, 2.05) is 20.9 Å². The van der Waals surface area contributed by atoms with Crippen LogP contribution in [-0.2, 0) is 9.53 Å². The van der Waals surface area contributed by atoms with Crippen LogP contribution in [0.15, 0.2) is 0 Å². The van der Waals surface area contributed by atoms with Crippen molar-refractivity contribution >= 4 is 5.91 Å². The normalized spacial score (nSPS) is 26.5. The third-order valence-corrected chi connectivity index (χ3v) is 2.79. The summed E-state index contributed by atoms with van der Waals surface area (Å²) in [6.07, 6.45) is 1.24. The third kappa shape index (κ3) is 2.96. The summed E-state index contributed by atoms with van der Waals surface area (Å²) in [7, 11) is 1.82. The van der Waals surface area contributed by atoms with Gasteiger partial charge in [0.1, 0.15) is 0 Å². The van der Waals surface area contributed by atoms with Gasteiger partial charge in [0.25, 0.3) is 0 Å². The Labute approximate surface area is 85.6 Å². The van der Waals surface area contributed by atoms with Gasteiger partial charge in [-0.05, 0) is 20.3 Å².